The second kappa shape index (κ2) is 11.0. The molecule has 3 fully saturated rings. The first kappa shape index (κ1) is 29.0. The number of halogens is 2. The lowest BCUT2D eigenvalue weighted by molar-refractivity contribution is -0.148. The van der Waals surface area contributed by atoms with Crippen LogP contribution in [0.25, 0.3) is 33.5 Å². The van der Waals surface area contributed by atoms with Crippen LogP contribution in [-0.4, -0.2) is 49.4 Å². The maximum absolute atomic E-state index is 15.4. The van der Waals surface area contributed by atoms with E-state index in [0.717, 1.165) is 41.3 Å². The Morgan fingerprint density at radius 1 is 0.978 bits per heavy atom. The average molecular weight is 631 g/mol. The molecule has 8 rings (SSSR count). The first-order valence-corrected chi connectivity index (χ1v) is 16.0. The highest BCUT2D eigenvalue weighted by Crippen LogP contribution is 2.46. The van der Waals surface area contributed by atoms with Crippen LogP contribution in [0.1, 0.15) is 31.2 Å². The van der Waals surface area contributed by atoms with Gasteiger partial charge in [0.1, 0.15) is 23.5 Å². The number of fused-ring (bicyclic) bond motifs is 4. The van der Waals surface area contributed by atoms with Crippen molar-refractivity contribution in [1.82, 2.24) is 23.9 Å². The quantitative estimate of drug-likeness (QED) is 0.232. The van der Waals surface area contributed by atoms with E-state index in [1.165, 1.54) is 37.1 Å². The van der Waals surface area contributed by atoms with E-state index in [1.54, 1.807) is 18.2 Å². The van der Waals surface area contributed by atoms with Crippen molar-refractivity contribution in [2.75, 3.05) is 5.32 Å². The van der Waals surface area contributed by atoms with Gasteiger partial charge in [-0.3, -0.25) is 4.79 Å². The number of carboxylic acid groups (broad SMARTS) is 1. The highest BCUT2D eigenvalue weighted by molar-refractivity contribution is 7.90. The molecule has 230 valence electrons. The second-order valence-corrected chi connectivity index (χ2v) is 13.6. The van der Waals surface area contributed by atoms with E-state index in [9.17, 15) is 22.7 Å². The predicted molar refractivity (Wildman–Crippen MR) is 162 cm³/mol. The monoisotopic (exact) mass is 630 g/mol. The fraction of sp³-hybridized carbons (Fsp3) is 0.281. The molecule has 0 amide bonds. The van der Waals surface area contributed by atoms with Gasteiger partial charge in [0.15, 0.2) is 11.6 Å². The molecule has 3 aliphatic rings. The number of anilines is 1. The van der Waals surface area contributed by atoms with E-state index in [0.29, 0.717) is 23.1 Å². The molecular weight excluding hydrogens is 602 g/mol. The smallest absolute Gasteiger partial charge is 0.308 e. The maximum Gasteiger partial charge on any atom is 0.308 e. The van der Waals surface area contributed by atoms with Crippen LogP contribution >= 0.6 is 0 Å². The molecule has 2 bridgehead atoms. The van der Waals surface area contributed by atoms with Crippen molar-refractivity contribution in [1.29, 1.82) is 0 Å². The fourth-order valence-electron chi connectivity index (χ4n) is 6.84. The van der Waals surface area contributed by atoms with Crippen molar-refractivity contribution in [2.45, 2.75) is 43.5 Å². The molecular formula is C32H28F2N6O4S. The Kier molecular flexibility index (Phi) is 7.07. The molecule has 0 aliphatic heterocycles. The Morgan fingerprint density at radius 2 is 1.67 bits per heavy atom. The van der Waals surface area contributed by atoms with E-state index >= 15 is 4.39 Å². The summed E-state index contributed by atoms with van der Waals surface area (Å²) >= 11 is 0. The predicted octanol–water partition coefficient (Wildman–Crippen LogP) is 5.68. The fourth-order valence-corrected chi connectivity index (χ4v) is 8.22. The first-order valence-electron chi connectivity index (χ1n) is 14.6. The van der Waals surface area contributed by atoms with Crippen LogP contribution in [0, 0.1) is 36.3 Å². The summed E-state index contributed by atoms with van der Waals surface area (Å²) in [4.78, 5) is 29.7. The number of aromatic nitrogens is 5. The normalized spacial score (nSPS) is 21.2. The SMILES string of the molecule is Cc1ccc(S(=O)(=O)n2cc(-c3nc(NC4C5CCC(CC5)C4C(=O)O)cc(-c4cncnc4)n3)c3cc(F)cc(F)c32)cc1. The Labute approximate surface area is 257 Å². The number of carbonyl (C=O) groups is 1. The minimum Gasteiger partial charge on any atom is -0.481 e. The number of benzene rings is 2. The van der Waals surface area contributed by atoms with Gasteiger partial charge >= 0.3 is 5.97 Å². The molecule has 2 unspecified atom stereocenters. The third-order valence-electron chi connectivity index (χ3n) is 9.01. The third kappa shape index (κ3) is 5.10. The van der Waals surface area contributed by atoms with Gasteiger partial charge in [-0.2, -0.15) is 0 Å². The molecule has 0 radical (unpaired) electrons. The number of carboxylic acids is 1. The Balaban J connectivity index is 1.42. The summed E-state index contributed by atoms with van der Waals surface area (Å²) in [5.41, 5.74) is 1.43. The molecule has 5 aromatic rings. The number of aliphatic carboxylic acids is 1. The first-order chi connectivity index (χ1) is 21.6. The van der Waals surface area contributed by atoms with Crippen molar-refractivity contribution in [3.8, 4) is 22.6 Å². The van der Waals surface area contributed by atoms with Gasteiger partial charge < -0.3 is 10.4 Å². The van der Waals surface area contributed by atoms with Crippen LogP contribution in [0.2, 0.25) is 0 Å². The number of hydrogen-bond donors (Lipinski definition) is 2. The van der Waals surface area contributed by atoms with Gasteiger partial charge in [0.05, 0.1) is 16.5 Å². The van der Waals surface area contributed by atoms with Crippen molar-refractivity contribution in [3.63, 3.8) is 0 Å². The number of hydrogen-bond acceptors (Lipinski definition) is 8. The van der Waals surface area contributed by atoms with Crippen LogP contribution in [0.3, 0.4) is 0 Å². The molecule has 2 atom stereocenters. The van der Waals surface area contributed by atoms with Gasteiger partial charge in [-0.25, -0.2) is 41.1 Å². The lowest BCUT2D eigenvalue weighted by atomic mass is 9.61. The zero-order chi connectivity index (χ0) is 31.5. The summed E-state index contributed by atoms with van der Waals surface area (Å²) in [6.07, 6.45) is 9.12. The molecule has 13 heteroatoms. The second-order valence-electron chi connectivity index (χ2n) is 11.7. The molecule has 45 heavy (non-hydrogen) atoms. The lowest BCUT2D eigenvalue weighted by Crippen LogP contribution is -2.51. The Bertz CT molecular complexity index is 2050. The van der Waals surface area contributed by atoms with Crippen LogP contribution in [0.5, 0.6) is 0 Å². The summed E-state index contributed by atoms with van der Waals surface area (Å²) in [5.74, 6) is -3.00. The minimum absolute atomic E-state index is 0.0143. The molecule has 10 nitrogen and oxygen atoms in total. The van der Waals surface area contributed by atoms with E-state index in [-0.39, 0.29) is 39.0 Å². The Morgan fingerprint density at radius 3 is 2.36 bits per heavy atom. The molecule has 0 saturated heterocycles. The summed E-state index contributed by atoms with van der Waals surface area (Å²) in [6, 6.07) is 9.02. The van der Waals surface area contributed by atoms with E-state index in [1.807, 2.05) is 6.92 Å². The van der Waals surface area contributed by atoms with Gasteiger partial charge in [-0.05, 0) is 62.6 Å². The van der Waals surface area contributed by atoms with Gasteiger partial charge in [-0.1, -0.05) is 17.7 Å². The van der Waals surface area contributed by atoms with Crippen molar-refractivity contribution < 1.29 is 27.1 Å². The number of nitrogens with one attached hydrogen (secondary N) is 1. The van der Waals surface area contributed by atoms with Crippen molar-refractivity contribution in [3.05, 3.63) is 84.6 Å². The highest BCUT2D eigenvalue weighted by Gasteiger charge is 2.47. The van der Waals surface area contributed by atoms with E-state index in [2.05, 4.69) is 25.3 Å². The van der Waals surface area contributed by atoms with Crippen LogP contribution < -0.4 is 5.32 Å². The topological polar surface area (TPSA) is 140 Å². The maximum atomic E-state index is 15.4. The van der Waals surface area contributed by atoms with Crippen molar-refractivity contribution >= 4 is 32.7 Å². The van der Waals surface area contributed by atoms with Gasteiger partial charge in [0.2, 0.25) is 0 Å². The molecule has 0 spiro atoms. The molecule has 3 heterocycles. The molecule has 3 aliphatic carbocycles. The minimum atomic E-state index is -4.32. The highest BCUT2D eigenvalue weighted by atomic mass is 32.2. The zero-order valence-electron chi connectivity index (χ0n) is 24.1. The summed E-state index contributed by atoms with van der Waals surface area (Å²) in [5, 5.41) is 13.4. The van der Waals surface area contributed by atoms with Crippen LogP contribution in [-0.2, 0) is 14.8 Å². The number of nitrogens with zero attached hydrogens (tertiary/aromatic N) is 5. The molecule has 3 saturated carbocycles. The van der Waals surface area contributed by atoms with Gasteiger partial charge in [0.25, 0.3) is 10.0 Å². The number of aryl methyl sites for hydroxylation is 1. The van der Waals surface area contributed by atoms with E-state index in [4.69, 9.17) is 0 Å². The summed E-state index contributed by atoms with van der Waals surface area (Å²) < 4.78 is 58.5. The third-order valence-corrected chi connectivity index (χ3v) is 10.7. The van der Waals surface area contributed by atoms with Crippen molar-refractivity contribution in [2.24, 2.45) is 17.8 Å². The van der Waals surface area contributed by atoms with Crippen LogP contribution in [0.4, 0.5) is 14.6 Å². The molecule has 2 N–H and O–H groups in total. The van der Waals surface area contributed by atoms with Gasteiger partial charge in [0, 0.05) is 53.3 Å². The summed E-state index contributed by atoms with van der Waals surface area (Å²) in [7, 11) is -4.32. The van der Waals surface area contributed by atoms with Gasteiger partial charge in [-0.15, -0.1) is 0 Å². The largest absolute Gasteiger partial charge is 0.481 e. The van der Waals surface area contributed by atoms with E-state index < -0.39 is 39.6 Å². The average Bonchev–Trinajstić information content (AvgIpc) is 3.43. The van der Waals surface area contributed by atoms with Crippen LogP contribution in [0.15, 0.2) is 72.3 Å². The molecule has 3 aromatic heterocycles. The summed E-state index contributed by atoms with van der Waals surface area (Å²) in [6.45, 7) is 1.81. The standard InChI is InChI=1S/C32H28F2N6O4S/c1-17-2-8-22(9-3-17)45(43,44)40-15-24(23-10-21(33)11-25(34)30(23)40)31-37-26(20-13-35-16-36-14-20)12-27(39-31)38-29-19-6-4-18(5-7-19)28(29)32(41)42/h2-3,8-16,18-19,28-29H,4-7H2,1H3,(H,41,42)(H,37,38,39). The number of rotatable bonds is 7. The molecule has 2 aromatic carbocycles. The Hall–Kier alpha value is -4.78. The zero-order valence-corrected chi connectivity index (χ0v) is 24.9. The lowest BCUT2D eigenvalue weighted by Gasteiger charge is -2.47.